The zero-order valence-electron chi connectivity index (χ0n) is 12.5. The Morgan fingerprint density at radius 3 is 2.52 bits per heavy atom. The number of imide groups is 1. The SMILES string of the molecule is CC(C)[C@H](OC(=O)/C=C/c1c(F)cccc1Cl)C(=O)NC(N)=O. The van der Waals surface area contributed by atoms with E-state index in [0.29, 0.717) is 0 Å². The van der Waals surface area contributed by atoms with Crippen molar-refractivity contribution in [1.82, 2.24) is 5.32 Å². The number of carbonyl (C=O) groups excluding carboxylic acids is 3. The average molecular weight is 343 g/mol. The number of primary amides is 1. The zero-order valence-corrected chi connectivity index (χ0v) is 13.3. The van der Waals surface area contributed by atoms with E-state index in [1.54, 1.807) is 13.8 Å². The molecule has 1 rings (SSSR count). The summed E-state index contributed by atoms with van der Waals surface area (Å²) in [5.41, 5.74) is 4.87. The lowest BCUT2D eigenvalue weighted by molar-refractivity contribution is -0.153. The van der Waals surface area contributed by atoms with Gasteiger partial charge in [-0.2, -0.15) is 0 Å². The van der Waals surface area contributed by atoms with Crippen LogP contribution in [-0.4, -0.2) is 24.0 Å². The first kappa shape index (κ1) is 18.6. The first-order valence-electron chi connectivity index (χ1n) is 6.65. The summed E-state index contributed by atoms with van der Waals surface area (Å²) in [6.07, 6.45) is 0.872. The molecule has 0 aliphatic carbocycles. The number of ether oxygens (including phenoxy) is 1. The molecule has 6 nitrogen and oxygen atoms in total. The molecule has 1 aromatic rings. The molecule has 0 fully saturated rings. The number of amides is 3. The maximum Gasteiger partial charge on any atom is 0.331 e. The molecule has 0 spiro atoms. The van der Waals surface area contributed by atoms with Gasteiger partial charge in [0.1, 0.15) is 5.82 Å². The van der Waals surface area contributed by atoms with Crippen LogP contribution in [0.15, 0.2) is 24.3 Å². The number of nitrogens with one attached hydrogen (secondary N) is 1. The summed E-state index contributed by atoms with van der Waals surface area (Å²) in [7, 11) is 0. The van der Waals surface area contributed by atoms with Gasteiger partial charge < -0.3 is 10.5 Å². The molecule has 0 heterocycles. The smallest absolute Gasteiger partial charge is 0.331 e. The number of halogens is 2. The number of benzene rings is 1. The van der Waals surface area contributed by atoms with E-state index in [4.69, 9.17) is 22.1 Å². The highest BCUT2D eigenvalue weighted by atomic mass is 35.5. The predicted octanol–water partition coefficient (Wildman–Crippen LogP) is 2.25. The van der Waals surface area contributed by atoms with Crippen molar-refractivity contribution < 1.29 is 23.5 Å². The van der Waals surface area contributed by atoms with Crippen LogP contribution in [0.2, 0.25) is 5.02 Å². The summed E-state index contributed by atoms with van der Waals surface area (Å²) in [6.45, 7) is 3.24. The summed E-state index contributed by atoms with van der Waals surface area (Å²) in [6, 6.07) is 3.03. The van der Waals surface area contributed by atoms with Gasteiger partial charge in [0.25, 0.3) is 5.91 Å². The Bertz CT molecular complexity index is 626. The van der Waals surface area contributed by atoms with Gasteiger partial charge in [-0.15, -0.1) is 0 Å². The second kappa shape index (κ2) is 8.28. The van der Waals surface area contributed by atoms with Gasteiger partial charge in [-0.3, -0.25) is 10.1 Å². The minimum atomic E-state index is -1.21. The Hall–Kier alpha value is -2.41. The zero-order chi connectivity index (χ0) is 17.6. The largest absolute Gasteiger partial charge is 0.449 e. The molecule has 0 aliphatic rings. The van der Waals surface area contributed by atoms with E-state index in [0.717, 1.165) is 12.2 Å². The van der Waals surface area contributed by atoms with E-state index in [2.05, 4.69) is 0 Å². The van der Waals surface area contributed by atoms with Gasteiger partial charge in [-0.05, 0) is 24.1 Å². The van der Waals surface area contributed by atoms with Crippen LogP contribution in [0.4, 0.5) is 9.18 Å². The van der Waals surface area contributed by atoms with Crippen LogP contribution >= 0.6 is 11.6 Å². The minimum absolute atomic E-state index is 0.0220. The van der Waals surface area contributed by atoms with Crippen molar-refractivity contribution in [1.29, 1.82) is 0 Å². The molecule has 0 bridgehead atoms. The van der Waals surface area contributed by atoms with Gasteiger partial charge in [0, 0.05) is 11.6 Å². The maximum atomic E-state index is 13.6. The fourth-order valence-corrected chi connectivity index (χ4v) is 1.90. The van der Waals surface area contributed by atoms with Gasteiger partial charge in [0.05, 0.1) is 5.02 Å². The number of rotatable bonds is 5. The Morgan fingerprint density at radius 1 is 1.35 bits per heavy atom. The summed E-state index contributed by atoms with van der Waals surface area (Å²) in [5, 5.41) is 1.96. The van der Waals surface area contributed by atoms with Crippen molar-refractivity contribution in [2.24, 2.45) is 11.7 Å². The molecule has 0 radical (unpaired) electrons. The number of hydrogen-bond acceptors (Lipinski definition) is 4. The lowest BCUT2D eigenvalue weighted by atomic mass is 10.1. The molecule has 8 heteroatoms. The Kier molecular flexibility index (Phi) is 6.71. The van der Waals surface area contributed by atoms with Crippen molar-refractivity contribution in [3.63, 3.8) is 0 Å². The van der Waals surface area contributed by atoms with Crippen molar-refractivity contribution in [2.75, 3.05) is 0 Å². The van der Waals surface area contributed by atoms with E-state index in [1.165, 1.54) is 18.2 Å². The predicted molar refractivity (Wildman–Crippen MR) is 82.9 cm³/mol. The summed E-state index contributed by atoms with van der Waals surface area (Å²) in [4.78, 5) is 34.2. The lowest BCUT2D eigenvalue weighted by Gasteiger charge is -2.18. The molecule has 0 aliphatic heterocycles. The van der Waals surface area contributed by atoms with Crippen LogP contribution in [-0.2, 0) is 14.3 Å². The highest BCUT2D eigenvalue weighted by molar-refractivity contribution is 6.32. The van der Waals surface area contributed by atoms with E-state index in [1.807, 2.05) is 5.32 Å². The monoisotopic (exact) mass is 342 g/mol. The molecule has 0 saturated carbocycles. The highest BCUT2D eigenvalue weighted by Gasteiger charge is 2.26. The van der Waals surface area contributed by atoms with E-state index < -0.39 is 35.7 Å². The van der Waals surface area contributed by atoms with Crippen LogP contribution in [0.3, 0.4) is 0 Å². The summed E-state index contributed by atoms with van der Waals surface area (Å²) in [5.74, 6) is -2.72. The minimum Gasteiger partial charge on any atom is -0.449 e. The Labute approximate surface area is 137 Å². The number of carbonyl (C=O) groups is 3. The van der Waals surface area contributed by atoms with Crippen molar-refractivity contribution in [3.05, 3.63) is 40.7 Å². The fraction of sp³-hybridized carbons (Fsp3) is 0.267. The molecule has 0 aromatic heterocycles. The van der Waals surface area contributed by atoms with E-state index >= 15 is 0 Å². The molecule has 3 amide bonds. The van der Waals surface area contributed by atoms with Crippen LogP contribution in [0.5, 0.6) is 0 Å². The third-order valence-electron chi connectivity index (χ3n) is 2.74. The standard InChI is InChI=1S/C15H16ClFN2O4/c1-8(2)13(14(21)19-15(18)22)23-12(20)7-6-9-10(16)4-3-5-11(9)17/h3-8,13H,1-2H3,(H3,18,19,21,22)/b7-6+/t13-/m0/s1. The molecule has 23 heavy (non-hydrogen) atoms. The van der Waals surface area contributed by atoms with Crippen molar-refractivity contribution >= 4 is 35.6 Å². The molecule has 3 N–H and O–H groups in total. The van der Waals surface area contributed by atoms with Crippen LogP contribution in [0, 0.1) is 11.7 Å². The maximum absolute atomic E-state index is 13.6. The second-order valence-electron chi connectivity index (χ2n) is 4.92. The topological polar surface area (TPSA) is 98.5 Å². The van der Waals surface area contributed by atoms with Crippen LogP contribution < -0.4 is 11.1 Å². The Morgan fingerprint density at radius 2 is 2.00 bits per heavy atom. The van der Waals surface area contributed by atoms with Crippen molar-refractivity contribution in [2.45, 2.75) is 20.0 Å². The lowest BCUT2D eigenvalue weighted by Crippen LogP contribution is -2.45. The number of hydrogen-bond donors (Lipinski definition) is 2. The molecular formula is C15H16ClFN2O4. The van der Waals surface area contributed by atoms with Gasteiger partial charge in [0.15, 0.2) is 6.10 Å². The van der Waals surface area contributed by atoms with E-state index in [-0.39, 0.29) is 10.6 Å². The molecule has 0 saturated heterocycles. The number of urea groups is 1. The first-order valence-corrected chi connectivity index (χ1v) is 7.03. The third kappa shape index (κ3) is 5.71. The molecule has 1 aromatic carbocycles. The van der Waals surface area contributed by atoms with Crippen LogP contribution in [0.1, 0.15) is 19.4 Å². The number of nitrogens with two attached hydrogens (primary N) is 1. The van der Waals surface area contributed by atoms with Crippen LogP contribution in [0.25, 0.3) is 6.08 Å². The summed E-state index contributed by atoms with van der Waals surface area (Å²) >= 11 is 5.82. The first-order chi connectivity index (χ1) is 10.7. The molecule has 1 atom stereocenters. The second-order valence-corrected chi connectivity index (χ2v) is 5.33. The van der Waals surface area contributed by atoms with Gasteiger partial charge in [-0.25, -0.2) is 14.0 Å². The van der Waals surface area contributed by atoms with Gasteiger partial charge >= 0.3 is 12.0 Å². The average Bonchev–Trinajstić information content (AvgIpc) is 2.43. The molecular weight excluding hydrogens is 327 g/mol. The van der Waals surface area contributed by atoms with Crippen molar-refractivity contribution in [3.8, 4) is 0 Å². The number of esters is 1. The Balaban J connectivity index is 2.82. The van der Waals surface area contributed by atoms with E-state index in [9.17, 15) is 18.8 Å². The fourth-order valence-electron chi connectivity index (χ4n) is 1.67. The normalized spacial score (nSPS) is 12.2. The van der Waals surface area contributed by atoms with Gasteiger partial charge in [0.2, 0.25) is 0 Å². The quantitative estimate of drug-likeness (QED) is 0.633. The molecule has 0 unspecified atom stereocenters. The molecule has 124 valence electrons. The third-order valence-corrected chi connectivity index (χ3v) is 3.07. The summed E-state index contributed by atoms with van der Waals surface area (Å²) < 4.78 is 18.5. The van der Waals surface area contributed by atoms with Gasteiger partial charge in [-0.1, -0.05) is 31.5 Å². The highest BCUT2D eigenvalue weighted by Crippen LogP contribution is 2.20.